The van der Waals surface area contributed by atoms with E-state index in [9.17, 15) is 29.9 Å². The summed E-state index contributed by atoms with van der Waals surface area (Å²) < 4.78 is 4.45. The molecule has 36 heavy (non-hydrogen) atoms. The van der Waals surface area contributed by atoms with Crippen molar-refractivity contribution < 1.29 is 29.5 Å². The first-order valence-electron chi connectivity index (χ1n) is 11.9. The fourth-order valence-electron chi connectivity index (χ4n) is 4.42. The molecule has 0 saturated heterocycles. The third-order valence-corrected chi connectivity index (χ3v) is 6.29. The van der Waals surface area contributed by atoms with Crippen molar-refractivity contribution in [2.75, 3.05) is 12.8 Å². The van der Waals surface area contributed by atoms with Crippen LogP contribution in [0.5, 0.6) is 11.5 Å². The minimum Gasteiger partial charge on any atom is -0.506 e. The number of nitrogens with two attached hydrogens (primary N) is 1. The van der Waals surface area contributed by atoms with Crippen LogP contribution in [-0.2, 0) is 4.74 Å². The van der Waals surface area contributed by atoms with E-state index in [-0.39, 0.29) is 28.9 Å². The number of phenols is 2. The number of carbonyl (C=O) groups is 2. The maximum absolute atomic E-state index is 13.0. The molecule has 0 heterocycles. The standard InChI is InChI=1S/C17H26N2O2.C9H9NO5/c1-11(2)19(13-7-5-4-6-8-13)17(21)14-10-15(18)16(20)9-12(14)3;1-5-3-8(11)7(10(13)14)4-6(5)9(12)15-2/h9-11,13,20H,4-8,18H2,1-3H3;3-4,11H,1-2H3. The van der Waals surface area contributed by atoms with Gasteiger partial charge in [0.25, 0.3) is 5.91 Å². The largest absolute Gasteiger partial charge is 0.506 e. The Morgan fingerprint density at radius 1 is 1.03 bits per heavy atom. The van der Waals surface area contributed by atoms with E-state index in [0.717, 1.165) is 30.5 Å². The molecule has 2 aromatic carbocycles. The van der Waals surface area contributed by atoms with Crippen LogP contribution in [0.4, 0.5) is 11.4 Å². The average molecular weight is 502 g/mol. The molecule has 1 aliphatic carbocycles. The molecule has 0 radical (unpaired) electrons. The SMILES string of the molecule is COC(=O)c1cc([N+](=O)[O-])c(O)cc1C.Cc1cc(O)c(N)cc1C(=O)N(C(C)C)C1CCCCC1. The van der Waals surface area contributed by atoms with Crippen molar-refractivity contribution in [3.63, 3.8) is 0 Å². The predicted molar refractivity (Wildman–Crippen MR) is 136 cm³/mol. The van der Waals surface area contributed by atoms with Crippen LogP contribution in [0, 0.1) is 24.0 Å². The second-order valence-corrected chi connectivity index (χ2v) is 9.23. The number of nitrogens with zero attached hydrogens (tertiary/aromatic N) is 2. The Bertz CT molecular complexity index is 1130. The van der Waals surface area contributed by atoms with Gasteiger partial charge in [-0.1, -0.05) is 19.3 Å². The first-order chi connectivity index (χ1) is 16.9. The van der Waals surface area contributed by atoms with Crippen molar-refractivity contribution >= 4 is 23.3 Å². The van der Waals surface area contributed by atoms with Gasteiger partial charge in [-0.05, 0) is 69.9 Å². The summed E-state index contributed by atoms with van der Waals surface area (Å²) in [6.45, 7) is 7.51. The molecule has 1 amide bonds. The van der Waals surface area contributed by atoms with Crippen molar-refractivity contribution in [2.24, 2.45) is 0 Å². The summed E-state index contributed by atoms with van der Waals surface area (Å²) in [6.07, 6.45) is 5.81. The van der Waals surface area contributed by atoms with E-state index in [1.807, 2.05) is 11.8 Å². The number of carbonyl (C=O) groups excluding carboxylic acids is 2. The monoisotopic (exact) mass is 501 g/mol. The molecule has 10 nitrogen and oxygen atoms in total. The molecule has 1 fully saturated rings. The number of methoxy groups -OCH3 is 1. The van der Waals surface area contributed by atoms with Gasteiger partial charge in [-0.3, -0.25) is 14.9 Å². The number of nitrogen functional groups attached to an aromatic ring is 1. The molecule has 10 heteroatoms. The van der Waals surface area contributed by atoms with Gasteiger partial charge < -0.3 is 25.6 Å². The number of rotatable bonds is 5. The zero-order valence-corrected chi connectivity index (χ0v) is 21.4. The van der Waals surface area contributed by atoms with Crippen LogP contribution < -0.4 is 5.73 Å². The van der Waals surface area contributed by atoms with Crippen molar-refractivity contribution in [3.05, 3.63) is 56.6 Å². The molecule has 0 aromatic heterocycles. The number of hydrogen-bond donors (Lipinski definition) is 3. The number of hydrogen-bond acceptors (Lipinski definition) is 8. The lowest BCUT2D eigenvalue weighted by Gasteiger charge is -2.37. The van der Waals surface area contributed by atoms with E-state index in [1.54, 1.807) is 19.1 Å². The van der Waals surface area contributed by atoms with Gasteiger partial charge in [-0.15, -0.1) is 0 Å². The molecule has 0 unspecified atom stereocenters. The first-order valence-corrected chi connectivity index (χ1v) is 11.9. The van der Waals surface area contributed by atoms with Gasteiger partial charge in [-0.2, -0.15) is 0 Å². The highest BCUT2D eigenvalue weighted by Gasteiger charge is 2.29. The second kappa shape index (κ2) is 12.2. The van der Waals surface area contributed by atoms with Gasteiger partial charge in [0, 0.05) is 23.7 Å². The maximum Gasteiger partial charge on any atom is 0.338 e. The van der Waals surface area contributed by atoms with Gasteiger partial charge in [0.1, 0.15) is 5.75 Å². The highest BCUT2D eigenvalue weighted by Crippen LogP contribution is 2.30. The summed E-state index contributed by atoms with van der Waals surface area (Å²) in [5.41, 5.74) is 7.37. The summed E-state index contributed by atoms with van der Waals surface area (Å²) in [5, 5.41) is 29.4. The van der Waals surface area contributed by atoms with Crippen LogP contribution in [0.25, 0.3) is 0 Å². The zero-order valence-electron chi connectivity index (χ0n) is 21.4. The lowest BCUT2D eigenvalue weighted by molar-refractivity contribution is -0.385. The van der Waals surface area contributed by atoms with Gasteiger partial charge in [-0.25, -0.2) is 4.79 Å². The number of benzene rings is 2. The number of ether oxygens (including phenoxy) is 1. The Morgan fingerprint density at radius 3 is 2.11 bits per heavy atom. The van der Waals surface area contributed by atoms with E-state index >= 15 is 0 Å². The lowest BCUT2D eigenvalue weighted by atomic mass is 9.92. The van der Waals surface area contributed by atoms with E-state index in [0.29, 0.717) is 17.2 Å². The quantitative estimate of drug-likeness (QED) is 0.172. The first kappa shape index (κ1) is 28.4. The van der Waals surface area contributed by atoms with E-state index in [4.69, 9.17) is 5.73 Å². The molecule has 0 spiro atoms. The van der Waals surface area contributed by atoms with Crippen molar-refractivity contribution in [1.29, 1.82) is 0 Å². The number of amides is 1. The third-order valence-electron chi connectivity index (χ3n) is 6.29. The Morgan fingerprint density at radius 2 is 1.58 bits per heavy atom. The fourth-order valence-corrected chi connectivity index (χ4v) is 4.42. The highest BCUT2D eigenvalue weighted by atomic mass is 16.6. The lowest BCUT2D eigenvalue weighted by Crippen LogP contribution is -2.46. The Labute approximate surface area is 210 Å². The van der Waals surface area contributed by atoms with Crippen molar-refractivity contribution in [3.8, 4) is 11.5 Å². The summed E-state index contributed by atoms with van der Waals surface area (Å²) in [5.74, 6) is -1.07. The summed E-state index contributed by atoms with van der Waals surface area (Å²) in [7, 11) is 1.18. The minimum atomic E-state index is -0.763. The summed E-state index contributed by atoms with van der Waals surface area (Å²) in [6, 6.07) is 5.81. The number of nitro benzene ring substituents is 1. The smallest absolute Gasteiger partial charge is 0.338 e. The number of nitro groups is 1. The Kier molecular flexibility index (Phi) is 9.66. The topological polar surface area (TPSA) is 156 Å². The molecule has 4 N–H and O–H groups in total. The number of aryl methyl sites for hydroxylation is 2. The molecule has 3 rings (SSSR count). The van der Waals surface area contributed by atoms with Crippen LogP contribution in [0.1, 0.15) is 77.8 Å². The molecular formula is C26H35N3O7. The van der Waals surface area contributed by atoms with Gasteiger partial charge >= 0.3 is 11.7 Å². The molecule has 2 aromatic rings. The second-order valence-electron chi connectivity index (χ2n) is 9.23. The van der Waals surface area contributed by atoms with Crippen molar-refractivity contribution in [2.45, 2.75) is 71.9 Å². The van der Waals surface area contributed by atoms with Crippen molar-refractivity contribution in [1.82, 2.24) is 4.90 Å². The van der Waals surface area contributed by atoms with E-state index < -0.39 is 22.3 Å². The molecule has 1 aliphatic rings. The Hall–Kier alpha value is -3.82. The third kappa shape index (κ3) is 6.65. The van der Waals surface area contributed by atoms with Crippen LogP contribution in [0.3, 0.4) is 0 Å². The number of anilines is 1. The number of aromatic hydroxyl groups is 2. The van der Waals surface area contributed by atoms with E-state index in [1.165, 1.54) is 26.4 Å². The summed E-state index contributed by atoms with van der Waals surface area (Å²) >= 11 is 0. The normalized spacial score (nSPS) is 13.5. The van der Waals surface area contributed by atoms with Gasteiger partial charge in [0.15, 0.2) is 5.75 Å². The van der Waals surface area contributed by atoms with Crippen LogP contribution >= 0.6 is 0 Å². The highest BCUT2D eigenvalue weighted by molar-refractivity contribution is 5.97. The van der Waals surface area contributed by atoms with Crippen LogP contribution in [0.15, 0.2) is 24.3 Å². The van der Waals surface area contributed by atoms with Crippen LogP contribution in [-0.4, -0.2) is 51.1 Å². The molecule has 0 atom stereocenters. The molecule has 0 aliphatic heterocycles. The van der Waals surface area contributed by atoms with Gasteiger partial charge in [0.05, 0.1) is 23.3 Å². The number of phenolic OH excluding ortho intramolecular Hbond substituents is 2. The Balaban J connectivity index is 0.000000269. The minimum absolute atomic E-state index is 0.0288. The van der Waals surface area contributed by atoms with E-state index in [2.05, 4.69) is 18.6 Å². The number of esters is 1. The van der Waals surface area contributed by atoms with Crippen LogP contribution in [0.2, 0.25) is 0 Å². The van der Waals surface area contributed by atoms with Gasteiger partial charge in [0.2, 0.25) is 0 Å². The average Bonchev–Trinajstić information content (AvgIpc) is 2.81. The molecule has 196 valence electrons. The fraction of sp³-hybridized carbons (Fsp3) is 0.462. The summed E-state index contributed by atoms with van der Waals surface area (Å²) in [4.78, 5) is 35.9. The maximum atomic E-state index is 13.0. The molecule has 1 saturated carbocycles. The molecule has 0 bridgehead atoms. The zero-order chi connectivity index (χ0) is 27.2. The molecular weight excluding hydrogens is 466 g/mol. The predicted octanol–water partition coefficient (Wildman–Crippen LogP) is 4.86.